The highest BCUT2D eigenvalue weighted by Crippen LogP contribution is 2.27. The van der Waals surface area contributed by atoms with Crippen molar-refractivity contribution in [1.82, 2.24) is 4.90 Å². The molecule has 0 aromatic rings. The van der Waals surface area contributed by atoms with Crippen LogP contribution in [-0.4, -0.2) is 53.7 Å². The Morgan fingerprint density at radius 1 is 1.43 bits per heavy atom. The van der Waals surface area contributed by atoms with Crippen molar-refractivity contribution < 1.29 is 9.53 Å². The number of hydrogen-bond acceptors (Lipinski definition) is 4. The van der Waals surface area contributed by atoms with Crippen LogP contribution in [0.25, 0.3) is 0 Å². The summed E-state index contributed by atoms with van der Waals surface area (Å²) >= 11 is 1.94. The molecule has 3 atom stereocenters. The Morgan fingerprint density at radius 3 is 2.71 bits per heavy atom. The second-order valence-corrected chi connectivity index (χ2v) is 8.53. The molecule has 122 valence electrons. The first-order valence-corrected chi connectivity index (χ1v) is 9.28. The van der Waals surface area contributed by atoms with E-state index in [2.05, 4.69) is 25.7 Å². The Balaban J connectivity index is 1.97. The molecule has 2 aliphatic rings. The summed E-state index contributed by atoms with van der Waals surface area (Å²) in [5.74, 6) is 2.43. The van der Waals surface area contributed by atoms with Gasteiger partial charge in [0, 0.05) is 37.4 Å². The van der Waals surface area contributed by atoms with E-state index < -0.39 is 0 Å². The van der Waals surface area contributed by atoms with Gasteiger partial charge < -0.3 is 15.4 Å². The van der Waals surface area contributed by atoms with Crippen LogP contribution >= 0.6 is 11.8 Å². The largest absolute Gasteiger partial charge is 0.376 e. The van der Waals surface area contributed by atoms with Gasteiger partial charge in [0.05, 0.1) is 6.10 Å². The lowest BCUT2D eigenvalue weighted by Gasteiger charge is -2.34. The Labute approximate surface area is 133 Å². The molecule has 0 aromatic carbocycles. The topological polar surface area (TPSA) is 55.6 Å². The third kappa shape index (κ3) is 4.86. The summed E-state index contributed by atoms with van der Waals surface area (Å²) in [6.07, 6.45) is 3.97. The second-order valence-electron chi connectivity index (χ2n) is 7.38. The molecule has 4 nitrogen and oxygen atoms in total. The molecule has 2 rings (SSSR count). The summed E-state index contributed by atoms with van der Waals surface area (Å²) < 4.78 is 5.73. The highest BCUT2D eigenvalue weighted by Gasteiger charge is 2.33. The predicted octanol–water partition coefficient (Wildman–Crippen LogP) is 2.26. The van der Waals surface area contributed by atoms with Crippen LogP contribution in [0.2, 0.25) is 0 Å². The van der Waals surface area contributed by atoms with Gasteiger partial charge in [-0.2, -0.15) is 11.8 Å². The maximum atomic E-state index is 12.8. The smallest absolute Gasteiger partial charge is 0.224 e. The van der Waals surface area contributed by atoms with Crippen LogP contribution in [0.1, 0.15) is 46.5 Å². The molecule has 5 heteroatoms. The summed E-state index contributed by atoms with van der Waals surface area (Å²) in [5, 5.41) is 0. The van der Waals surface area contributed by atoms with E-state index in [4.69, 9.17) is 10.5 Å². The molecule has 0 radical (unpaired) electrons. The molecular weight excluding hydrogens is 284 g/mol. The van der Waals surface area contributed by atoms with Crippen LogP contribution in [0.4, 0.5) is 0 Å². The molecule has 2 saturated heterocycles. The minimum absolute atomic E-state index is 0.0321. The van der Waals surface area contributed by atoms with E-state index in [1.165, 1.54) is 0 Å². The van der Waals surface area contributed by atoms with E-state index in [1.54, 1.807) is 0 Å². The summed E-state index contributed by atoms with van der Waals surface area (Å²) in [6, 6.07) is 0.282. The van der Waals surface area contributed by atoms with Crippen LogP contribution in [0.5, 0.6) is 0 Å². The van der Waals surface area contributed by atoms with E-state index in [0.29, 0.717) is 12.5 Å². The van der Waals surface area contributed by atoms with Gasteiger partial charge in [0.25, 0.3) is 0 Å². The molecule has 0 bridgehead atoms. The monoisotopic (exact) mass is 314 g/mol. The Morgan fingerprint density at radius 2 is 2.19 bits per heavy atom. The van der Waals surface area contributed by atoms with Gasteiger partial charge in [-0.25, -0.2) is 0 Å². The van der Waals surface area contributed by atoms with Gasteiger partial charge in [-0.3, -0.25) is 4.79 Å². The summed E-state index contributed by atoms with van der Waals surface area (Å²) in [5.41, 5.74) is 6.18. The van der Waals surface area contributed by atoms with Crippen molar-refractivity contribution in [3.63, 3.8) is 0 Å². The van der Waals surface area contributed by atoms with E-state index in [1.807, 2.05) is 11.8 Å². The molecule has 0 aromatic heterocycles. The van der Waals surface area contributed by atoms with Crippen LogP contribution in [0, 0.1) is 5.41 Å². The van der Waals surface area contributed by atoms with E-state index in [9.17, 15) is 4.79 Å². The molecule has 3 unspecified atom stereocenters. The number of thioether (sulfide) groups is 1. The third-order valence-corrected chi connectivity index (χ3v) is 5.74. The van der Waals surface area contributed by atoms with Crippen molar-refractivity contribution in [3.05, 3.63) is 0 Å². The summed E-state index contributed by atoms with van der Waals surface area (Å²) in [4.78, 5) is 14.8. The number of nitrogens with zero attached hydrogens (tertiary/aromatic N) is 1. The lowest BCUT2D eigenvalue weighted by molar-refractivity contribution is -0.135. The van der Waals surface area contributed by atoms with Gasteiger partial charge in [0.2, 0.25) is 5.91 Å². The number of hydrogen-bond donors (Lipinski definition) is 1. The highest BCUT2D eigenvalue weighted by atomic mass is 32.2. The first kappa shape index (κ1) is 17.1. The van der Waals surface area contributed by atoms with Crippen molar-refractivity contribution in [1.29, 1.82) is 0 Å². The van der Waals surface area contributed by atoms with Crippen molar-refractivity contribution in [2.45, 2.75) is 64.6 Å². The van der Waals surface area contributed by atoms with Gasteiger partial charge in [0.15, 0.2) is 0 Å². The van der Waals surface area contributed by atoms with Crippen LogP contribution in [0.3, 0.4) is 0 Å². The number of amides is 1. The lowest BCUT2D eigenvalue weighted by atomic mass is 9.85. The molecule has 2 N–H and O–H groups in total. The van der Waals surface area contributed by atoms with E-state index in [-0.39, 0.29) is 23.5 Å². The first-order valence-electron chi connectivity index (χ1n) is 8.12. The zero-order valence-electron chi connectivity index (χ0n) is 13.6. The van der Waals surface area contributed by atoms with Crippen molar-refractivity contribution >= 4 is 17.7 Å². The standard InChI is InChI=1S/C16H30N2O2S/c1-16(2,3)14(17)9-15(19)18(12-6-8-21-11-12)10-13-5-4-7-20-13/h12-14H,4-11,17H2,1-3H3. The van der Waals surface area contributed by atoms with E-state index in [0.717, 1.165) is 43.9 Å². The fourth-order valence-electron chi connectivity index (χ4n) is 2.84. The van der Waals surface area contributed by atoms with Crippen LogP contribution in [0.15, 0.2) is 0 Å². The summed E-state index contributed by atoms with van der Waals surface area (Å²) in [6.45, 7) is 7.89. The first-order chi connectivity index (χ1) is 9.88. The molecule has 0 saturated carbocycles. The number of carbonyl (C=O) groups is 1. The van der Waals surface area contributed by atoms with Gasteiger partial charge in [-0.05, 0) is 30.4 Å². The van der Waals surface area contributed by atoms with Gasteiger partial charge in [0.1, 0.15) is 0 Å². The zero-order valence-corrected chi connectivity index (χ0v) is 14.5. The van der Waals surface area contributed by atoms with Crippen molar-refractivity contribution in [2.75, 3.05) is 24.7 Å². The molecule has 2 aliphatic heterocycles. The molecule has 0 aliphatic carbocycles. The number of ether oxygens (including phenoxy) is 1. The Hall–Kier alpha value is -0.260. The zero-order chi connectivity index (χ0) is 15.5. The van der Waals surface area contributed by atoms with Gasteiger partial charge in [-0.15, -0.1) is 0 Å². The SMILES string of the molecule is CC(C)(C)C(N)CC(=O)N(CC1CCCO1)C1CCSC1. The van der Waals surface area contributed by atoms with Crippen LogP contribution in [-0.2, 0) is 9.53 Å². The highest BCUT2D eigenvalue weighted by molar-refractivity contribution is 7.99. The molecular formula is C16H30N2O2S. The fourth-order valence-corrected chi connectivity index (χ4v) is 4.07. The van der Waals surface area contributed by atoms with E-state index >= 15 is 0 Å². The Bertz CT molecular complexity index is 345. The molecule has 2 fully saturated rings. The van der Waals surface area contributed by atoms with Crippen molar-refractivity contribution in [3.8, 4) is 0 Å². The molecule has 1 amide bonds. The average molecular weight is 314 g/mol. The molecule has 0 spiro atoms. The number of rotatable bonds is 5. The normalized spacial score (nSPS) is 27.8. The van der Waals surface area contributed by atoms with Gasteiger partial charge >= 0.3 is 0 Å². The van der Waals surface area contributed by atoms with Crippen molar-refractivity contribution in [2.24, 2.45) is 11.1 Å². The quantitative estimate of drug-likeness (QED) is 0.846. The number of nitrogens with two attached hydrogens (primary N) is 1. The maximum Gasteiger partial charge on any atom is 0.224 e. The molecule has 21 heavy (non-hydrogen) atoms. The second kappa shape index (κ2) is 7.34. The number of carbonyl (C=O) groups excluding carboxylic acids is 1. The average Bonchev–Trinajstić information content (AvgIpc) is 3.07. The maximum absolute atomic E-state index is 12.8. The predicted molar refractivity (Wildman–Crippen MR) is 88.5 cm³/mol. The third-order valence-electron chi connectivity index (χ3n) is 4.60. The minimum atomic E-state index is -0.0916. The Kier molecular flexibility index (Phi) is 5.97. The summed E-state index contributed by atoms with van der Waals surface area (Å²) in [7, 11) is 0. The molecule has 2 heterocycles. The minimum Gasteiger partial charge on any atom is -0.376 e. The lowest BCUT2D eigenvalue weighted by Crippen LogP contribution is -2.48. The van der Waals surface area contributed by atoms with Gasteiger partial charge in [-0.1, -0.05) is 20.8 Å². The fraction of sp³-hybridized carbons (Fsp3) is 0.938. The van der Waals surface area contributed by atoms with Crippen LogP contribution < -0.4 is 5.73 Å².